The third-order valence-electron chi connectivity index (χ3n) is 4.20. The summed E-state index contributed by atoms with van der Waals surface area (Å²) in [5.74, 6) is 1.46. The van der Waals surface area contributed by atoms with Gasteiger partial charge in [-0.1, -0.05) is 6.92 Å². The third-order valence-corrected chi connectivity index (χ3v) is 12.1. The standard InChI is InChI=1S/C15H27N2O5S4/c1-2-7-17-24-14(26(16,21)22)11-12-5-6-13(25(19,20)15(12)24)4-3-9-23-10-8-18/h11,13,17-18H,2-10H2,1H3,(H2,16,21,22)/q+1. The largest absolute Gasteiger partial charge is 0.396 e. The first-order valence-electron chi connectivity index (χ1n) is 8.61. The van der Waals surface area contributed by atoms with Crippen LogP contribution >= 0.6 is 22.4 Å². The van der Waals surface area contributed by atoms with Crippen LogP contribution in [0.5, 0.6) is 0 Å². The average Bonchev–Trinajstić information content (AvgIpc) is 2.94. The number of nitrogens with two attached hydrogens (primary N) is 1. The van der Waals surface area contributed by atoms with Gasteiger partial charge in [-0.05, 0) is 37.9 Å². The number of aliphatic hydroxyl groups excluding tert-OH is 1. The minimum Gasteiger partial charge on any atom is -0.396 e. The van der Waals surface area contributed by atoms with Gasteiger partial charge in [-0.25, -0.2) is 22.0 Å². The van der Waals surface area contributed by atoms with E-state index >= 15 is 0 Å². The van der Waals surface area contributed by atoms with Gasteiger partial charge in [0.2, 0.25) is 9.84 Å². The highest BCUT2D eigenvalue weighted by molar-refractivity contribution is 7.99. The van der Waals surface area contributed by atoms with Crippen molar-refractivity contribution in [2.24, 2.45) is 5.14 Å². The Bertz CT molecular complexity index is 817. The van der Waals surface area contributed by atoms with E-state index in [4.69, 9.17) is 10.2 Å². The summed E-state index contributed by atoms with van der Waals surface area (Å²) in [4.78, 5) is 0. The molecular weight excluding hydrogens is 416 g/mol. The molecule has 2 heterocycles. The van der Waals surface area contributed by atoms with Crippen molar-refractivity contribution in [3.8, 4) is 0 Å². The summed E-state index contributed by atoms with van der Waals surface area (Å²) in [6, 6.07) is 1.46. The second kappa shape index (κ2) is 9.35. The number of sulfone groups is 1. The van der Waals surface area contributed by atoms with Crippen LogP contribution in [0.1, 0.15) is 38.2 Å². The smallest absolute Gasteiger partial charge is 0.301 e. The van der Waals surface area contributed by atoms with Gasteiger partial charge in [-0.2, -0.15) is 11.8 Å². The van der Waals surface area contributed by atoms with E-state index in [9.17, 15) is 16.8 Å². The minimum atomic E-state index is -3.96. The molecule has 0 fully saturated rings. The predicted molar refractivity (Wildman–Crippen MR) is 108 cm³/mol. The van der Waals surface area contributed by atoms with Gasteiger partial charge in [0.1, 0.15) is 10.7 Å². The molecule has 0 amide bonds. The average molecular weight is 444 g/mol. The number of hydrogen-bond donors (Lipinski definition) is 3. The molecule has 0 aliphatic carbocycles. The zero-order valence-electron chi connectivity index (χ0n) is 14.8. The van der Waals surface area contributed by atoms with E-state index in [0.29, 0.717) is 37.1 Å². The van der Waals surface area contributed by atoms with Gasteiger partial charge in [-0.3, -0.25) is 0 Å². The third kappa shape index (κ3) is 5.00. The number of aryl methyl sites for hydroxylation is 1. The van der Waals surface area contributed by atoms with E-state index in [2.05, 4.69) is 4.72 Å². The summed E-state index contributed by atoms with van der Waals surface area (Å²) < 4.78 is 53.5. The van der Waals surface area contributed by atoms with E-state index in [1.807, 2.05) is 6.92 Å². The van der Waals surface area contributed by atoms with E-state index in [1.54, 1.807) is 11.8 Å². The van der Waals surface area contributed by atoms with E-state index < -0.39 is 35.8 Å². The van der Waals surface area contributed by atoms with Gasteiger partial charge >= 0.3 is 4.21 Å². The maximum atomic E-state index is 13.2. The quantitative estimate of drug-likeness (QED) is 0.370. The molecule has 1 aliphatic rings. The number of rotatable bonds is 10. The molecule has 0 saturated heterocycles. The van der Waals surface area contributed by atoms with Crippen LogP contribution in [0.3, 0.4) is 0 Å². The minimum absolute atomic E-state index is 0.0151. The topological polar surface area (TPSA) is 127 Å². The zero-order chi connectivity index (χ0) is 19.4. The van der Waals surface area contributed by atoms with Gasteiger partial charge in [-0.15, -0.1) is 4.72 Å². The number of aliphatic hydroxyl groups is 1. The molecule has 0 bridgehead atoms. The Labute approximate surface area is 162 Å². The number of hydrogen-bond acceptors (Lipinski definition) is 7. The van der Waals surface area contributed by atoms with Crippen LogP contribution in [0.4, 0.5) is 0 Å². The van der Waals surface area contributed by atoms with Gasteiger partial charge in [0.25, 0.3) is 14.2 Å². The molecule has 1 aromatic rings. The fraction of sp³-hybridized carbons (Fsp3) is 0.733. The molecule has 0 radical (unpaired) electrons. The van der Waals surface area contributed by atoms with Gasteiger partial charge in [0.05, 0.1) is 11.9 Å². The second-order valence-electron chi connectivity index (χ2n) is 6.21. The second-order valence-corrected chi connectivity index (χ2v) is 13.4. The van der Waals surface area contributed by atoms with E-state index in [1.165, 1.54) is 6.07 Å². The van der Waals surface area contributed by atoms with Crippen molar-refractivity contribution in [3.05, 3.63) is 11.6 Å². The lowest BCUT2D eigenvalue weighted by Gasteiger charge is -2.20. The fourth-order valence-electron chi connectivity index (χ4n) is 3.00. The summed E-state index contributed by atoms with van der Waals surface area (Å²) in [5.41, 5.74) is 0.590. The molecule has 2 unspecified atom stereocenters. The Kier molecular flexibility index (Phi) is 7.96. The number of fused-ring (bicyclic) bond motifs is 1. The monoisotopic (exact) mass is 443 g/mol. The van der Waals surface area contributed by atoms with Crippen LogP contribution in [-0.4, -0.2) is 51.8 Å². The van der Waals surface area contributed by atoms with Crippen LogP contribution in [0.25, 0.3) is 0 Å². The lowest BCUT2D eigenvalue weighted by Crippen LogP contribution is -2.27. The lowest BCUT2D eigenvalue weighted by atomic mass is 10.1. The highest BCUT2D eigenvalue weighted by Gasteiger charge is 2.46. The number of thiophene rings is 1. The predicted octanol–water partition coefficient (Wildman–Crippen LogP) is 1.63. The highest BCUT2D eigenvalue weighted by Crippen LogP contribution is 2.45. The van der Waals surface area contributed by atoms with Crippen molar-refractivity contribution < 1.29 is 21.9 Å². The first kappa shape index (κ1) is 22.1. The summed E-state index contributed by atoms with van der Waals surface area (Å²) >= 11 is 1.60. The van der Waals surface area contributed by atoms with Crippen LogP contribution < -0.4 is 9.86 Å². The van der Waals surface area contributed by atoms with Crippen molar-refractivity contribution >= 4 is 42.3 Å². The Hall–Kier alpha value is -0.170. The summed E-state index contributed by atoms with van der Waals surface area (Å²) in [5, 5.41) is 13.6. The SMILES string of the molecule is CCCN[s+]1c(S(N)(=O)=O)cc2c1S(=O)(=O)C(CCCSCCO)CC2. The Morgan fingerprint density at radius 3 is 2.77 bits per heavy atom. The summed E-state index contributed by atoms with van der Waals surface area (Å²) in [6.07, 6.45) is 3.12. The molecule has 11 heteroatoms. The first-order chi connectivity index (χ1) is 12.2. The number of thioether (sulfide) groups is 1. The Morgan fingerprint density at radius 1 is 1.42 bits per heavy atom. The molecule has 1 aromatic heterocycles. The summed E-state index contributed by atoms with van der Waals surface area (Å²) in [7, 11) is -8.73. The normalized spacial score (nSPS) is 20.1. The maximum absolute atomic E-state index is 13.2. The van der Waals surface area contributed by atoms with Crippen molar-refractivity contribution in [2.45, 2.75) is 52.7 Å². The molecule has 0 saturated carbocycles. The van der Waals surface area contributed by atoms with Crippen molar-refractivity contribution in [1.82, 2.24) is 0 Å². The Morgan fingerprint density at radius 2 is 2.15 bits per heavy atom. The van der Waals surface area contributed by atoms with Crippen molar-refractivity contribution in [1.29, 1.82) is 0 Å². The molecule has 0 spiro atoms. The molecule has 7 nitrogen and oxygen atoms in total. The first-order valence-corrected chi connectivity index (χ1v) is 14.1. The maximum Gasteiger partial charge on any atom is 0.301 e. The van der Waals surface area contributed by atoms with Gasteiger partial charge in [0, 0.05) is 23.9 Å². The van der Waals surface area contributed by atoms with Crippen LogP contribution in [0, 0.1) is 0 Å². The van der Waals surface area contributed by atoms with Crippen molar-refractivity contribution in [2.75, 3.05) is 29.4 Å². The Balaban J connectivity index is 2.31. The molecule has 150 valence electrons. The zero-order valence-corrected chi connectivity index (χ0v) is 18.1. The molecule has 4 N–H and O–H groups in total. The molecule has 1 aliphatic heterocycles. The number of sulfonamides is 1. The molecule has 0 aromatic carbocycles. The van der Waals surface area contributed by atoms with Crippen LogP contribution in [0.2, 0.25) is 0 Å². The van der Waals surface area contributed by atoms with Crippen molar-refractivity contribution in [3.63, 3.8) is 0 Å². The number of nitrogens with one attached hydrogen (secondary N) is 1. The van der Waals surface area contributed by atoms with Gasteiger partial charge in [0.15, 0.2) is 0 Å². The lowest BCUT2D eigenvalue weighted by molar-refractivity contribution is 0.322. The summed E-state index contributed by atoms with van der Waals surface area (Å²) in [6.45, 7) is 2.57. The van der Waals surface area contributed by atoms with Gasteiger partial charge < -0.3 is 5.11 Å². The van der Waals surface area contributed by atoms with E-state index in [-0.39, 0.29) is 15.0 Å². The fourth-order valence-corrected chi connectivity index (χ4v) is 10.6. The molecular formula is C15H27N2O5S4+. The molecule has 2 atom stereocenters. The van der Waals surface area contributed by atoms with Crippen LogP contribution in [0.15, 0.2) is 14.5 Å². The van der Waals surface area contributed by atoms with Crippen LogP contribution in [-0.2, 0) is 26.3 Å². The number of primary sulfonamides is 1. The van der Waals surface area contributed by atoms with E-state index in [0.717, 1.165) is 18.6 Å². The highest BCUT2D eigenvalue weighted by atomic mass is 32.3. The molecule has 2 rings (SSSR count). The molecule has 26 heavy (non-hydrogen) atoms.